The molecule has 0 radical (unpaired) electrons. The predicted octanol–water partition coefficient (Wildman–Crippen LogP) is 3.03. The Morgan fingerprint density at radius 3 is 2.64 bits per heavy atom. The summed E-state index contributed by atoms with van der Waals surface area (Å²) in [5.74, 6) is 0.291. The Balaban J connectivity index is 1.32. The number of aryl methyl sites for hydroxylation is 1. The summed E-state index contributed by atoms with van der Waals surface area (Å²) < 4.78 is 11.8. The maximum Gasteiger partial charge on any atom is 0.419 e. The third-order valence-electron chi connectivity index (χ3n) is 5.92. The first kappa shape index (κ1) is 22.4. The van der Waals surface area contributed by atoms with Gasteiger partial charge in [-0.15, -0.1) is 0 Å². The van der Waals surface area contributed by atoms with E-state index in [9.17, 15) is 19.7 Å². The van der Waals surface area contributed by atoms with E-state index < -0.39 is 10.7 Å². The molecule has 1 saturated heterocycles. The van der Waals surface area contributed by atoms with Crippen molar-refractivity contribution >= 4 is 28.4 Å². The molecule has 0 aliphatic carbocycles. The fourth-order valence-electron chi connectivity index (χ4n) is 4.14. The quantitative estimate of drug-likeness (QED) is 0.398. The van der Waals surface area contributed by atoms with Crippen LogP contribution in [0.15, 0.2) is 51.7 Å². The lowest BCUT2D eigenvalue weighted by Crippen LogP contribution is -2.35. The smallest absolute Gasteiger partial charge is 0.419 e. The van der Waals surface area contributed by atoms with Gasteiger partial charge in [0.15, 0.2) is 5.58 Å². The molecule has 3 aromatic rings. The van der Waals surface area contributed by atoms with Crippen molar-refractivity contribution in [3.05, 3.63) is 63.1 Å². The molecule has 174 valence electrons. The maximum absolute atomic E-state index is 12.8. The summed E-state index contributed by atoms with van der Waals surface area (Å²) in [6.07, 6.45) is 1.67. The number of fused-ring (bicyclic) bond motifs is 1. The van der Waals surface area contributed by atoms with Crippen LogP contribution in [0.1, 0.15) is 19.3 Å². The van der Waals surface area contributed by atoms with Crippen molar-refractivity contribution in [3.8, 4) is 5.75 Å². The van der Waals surface area contributed by atoms with E-state index in [1.54, 1.807) is 7.11 Å². The maximum atomic E-state index is 12.8. The summed E-state index contributed by atoms with van der Waals surface area (Å²) in [5, 5.41) is 10.9. The fourth-order valence-corrected chi connectivity index (χ4v) is 4.14. The van der Waals surface area contributed by atoms with E-state index in [-0.39, 0.29) is 17.2 Å². The van der Waals surface area contributed by atoms with Gasteiger partial charge in [-0.1, -0.05) is 0 Å². The van der Waals surface area contributed by atoms with E-state index in [1.165, 1.54) is 22.8 Å². The molecular weight excluding hydrogens is 428 g/mol. The Bertz CT molecular complexity index is 1200. The number of benzene rings is 2. The minimum atomic E-state index is -0.581. The monoisotopic (exact) mass is 454 g/mol. The van der Waals surface area contributed by atoms with E-state index in [2.05, 4.69) is 4.90 Å². The third kappa shape index (κ3) is 5.00. The first-order valence-electron chi connectivity index (χ1n) is 10.9. The van der Waals surface area contributed by atoms with Crippen LogP contribution in [-0.4, -0.2) is 53.6 Å². The van der Waals surface area contributed by atoms with Crippen molar-refractivity contribution in [1.82, 2.24) is 9.47 Å². The van der Waals surface area contributed by atoms with Gasteiger partial charge in [-0.25, -0.2) is 4.79 Å². The van der Waals surface area contributed by atoms with E-state index in [4.69, 9.17) is 9.15 Å². The summed E-state index contributed by atoms with van der Waals surface area (Å²) in [6.45, 7) is 3.27. The minimum absolute atomic E-state index is 0.0584. The van der Waals surface area contributed by atoms with Crippen molar-refractivity contribution in [1.29, 1.82) is 0 Å². The van der Waals surface area contributed by atoms with Crippen LogP contribution in [0.4, 0.5) is 11.4 Å². The second-order valence-electron chi connectivity index (χ2n) is 7.95. The molecular formula is C23H26N4O6. The number of ether oxygens (including phenoxy) is 1. The Morgan fingerprint density at radius 2 is 1.91 bits per heavy atom. The molecule has 0 saturated carbocycles. The predicted molar refractivity (Wildman–Crippen MR) is 123 cm³/mol. The van der Waals surface area contributed by atoms with Gasteiger partial charge >= 0.3 is 5.76 Å². The van der Waals surface area contributed by atoms with Crippen LogP contribution in [-0.2, 0) is 11.3 Å². The summed E-state index contributed by atoms with van der Waals surface area (Å²) in [5.41, 5.74) is 1.63. The molecule has 1 fully saturated rings. The zero-order chi connectivity index (χ0) is 23.4. The number of carbonyl (C=O) groups is 1. The number of oxazole rings is 1. The highest BCUT2D eigenvalue weighted by atomic mass is 16.6. The number of nitro benzene ring substituents is 1. The molecule has 10 heteroatoms. The molecule has 0 bridgehead atoms. The average Bonchev–Trinajstić information content (AvgIpc) is 2.98. The number of hydrogen-bond donors (Lipinski definition) is 0. The fraction of sp³-hybridized carbons (Fsp3) is 0.391. The molecule has 10 nitrogen and oxygen atoms in total. The largest absolute Gasteiger partial charge is 0.497 e. The first-order valence-corrected chi connectivity index (χ1v) is 10.9. The number of nitrogens with zero attached hydrogens (tertiary/aromatic N) is 4. The lowest BCUT2D eigenvalue weighted by atomic mass is 10.2. The van der Waals surface area contributed by atoms with E-state index in [0.717, 1.165) is 30.9 Å². The van der Waals surface area contributed by atoms with Gasteiger partial charge in [-0.3, -0.25) is 19.5 Å². The molecule has 1 aliphatic heterocycles. The van der Waals surface area contributed by atoms with Crippen LogP contribution in [0.3, 0.4) is 0 Å². The van der Waals surface area contributed by atoms with Crippen LogP contribution >= 0.6 is 0 Å². The van der Waals surface area contributed by atoms with E-state index in [1.807, 2.05) is 29.2 Å². The molecule has 1 aliphatic rings. The van der Waals surface area contributed by atoms with Crippen molar-refractivity contribution in [2.24, 2.45) is 0 Å². The Labute approximate surface area is 190 Å². The van der Waals surface area contributed by atoms with Gasteiger partial charge in [-0.05, 0) is 43.2 Å². The Hall–Kier alpha value is -3.82. The topological polar surface area (TPSA) is 111 Å². The van der Waals surface area contributed by atoms with Crippen molar-refractivity contribution < 1.29 is 18.9 Å². The molecule has 1 amide bonds. The molecule has 0 atom stereocenters. The summed E-state index contributed by atoms with van der Waals surface area (Å²) in [6, 6.07) is 12.0. The lowest BCUT2D eigenvalue weighted by Gasteiger charge is -2.24. The summed E-state index contributed by atoms with van der Waals surface area (Å²) >= 11 is 0. The van der Waals surface area contributed by atoms with Gasteiger partial charge in [0.05, 0.1) is 23.6 Å². The van der Waals surface area contributed by atoms with Gasteiger partial charge in [0.2, 0.25) is 5.91 Å². The van der Waals surface area contributed by atoms with Gasteiger partial charge in [0.25, 0.3) is 5.69 Å². The van der Waals surface area contributed by atoms with Crippen LogP contribution in [0, 0.1) is 10.1 Å². The molecule has 2 aromatic carbocycles. The molecule has 0 unspecified atom stereocenters. The summed E-state index contributed by atoms with van der Waals surface area (Å²) in [4.78, 5) is 39.5. The number of carbonyl (C=O) groups excluding carboxylic acids is 1. The number of non-ortho nitro benzene ring substituents is 1. The zero-order valence-corrected chi connectivity index (χ0v) is 18.4. The normalized spacial score (nSPS) is 14.3. The number of anilines is 1. The number of methoxy groups -OCH3 is 1. The number of nitro groups is 1. The van der Waals surface area contributed by atoms with Crippen molar-refractivity contribution in [3.63, 3.8) is 0 Å². The summed E-state index contributed by atoms with van der Waals surface area (Å²) in [7, 11) is 1.64. The highest BCUT2D eigenvalue weighted by Crippen LogP contribution is 2.22. The number of hydrogen-bond acceptors (Lipinski definition) is 7. The molecule has 33 heavy (non-hydrogen) atoms. The van der Waals surface area contributed by atoms with Crippen molar-refractivity contribution in [2.45, 2.75) is 25.8 Å². The minimum Gasteiger partial charge on any atom is -0.497 e. The van der Waals surface area contributed by atoms with Gasteiger partial charge < -0.3 is 19.0 Å². The standard InChI is InChI=1S/C23H26N4O6/c1-32-19-8-5-17(6-9-19)24-11-3-12-25(15-14-24)22(28)4-2-13-26-20-10-7-18(27(30)31)16-21(20)33-23(26)29/h5-10,16H,2-4,11-15H2,1H3. The van der Waals surface area contributed by atoms with Gasteiger partial charge in [0.1, 0.15) is 5.75 Å². The van der Waals surface area contributed by atoms with E-state index in [0.29, 0.717) is 38.0 Å². The molecule has 2 heterocycles. The third-order valence-corrected chi connectivity index (χ3v) is 5.92. The highest BCUT2D eigenvalue weighted by Gasteiger charge is 2.20. The van der Waals surface area contributed by atoms with Crippen LogP contribution in [0.5, 0.6) is 5.75 Å². The molecule has 0 N–H and O–H groups in total. The number of rotatable bonds is 7. The lowest BCUT2D eigenvalue weighted by molar-refractivity contribution is -0.384. The highest BCUT2D eigenvalue weighted by molar-refractivity contribution is 5.77. The zero-order valence-electron chi connectivity index (χ0n) is 18.4. The first-order chi connectivity index (χ1) is 16.0. The molecule has 4 rings (SSSR count). The van der Waals surface area contributed by atoms with Gasteiger partial charge in [0, 0.05) is 50.9 Å². The SMILES string of the molecule is COc1ccc(N2CCCN(C(=O)CCCn3c(=O)oc4cc([N+](=O)[O-])ccc43)CC2)cc1. The van der Waals surface area contributed by atoms with E-state index >= 15 is 0 Å². The molecule has 0 spiro atoms. The number of amides is 1. The Morgan fingerprint density at radius 1 is 1.12 bits per heavy atom. The second-order valence-corrected chi connectivity index (χ2v) is 7.95. The Kier molecular flexibility index (Phi) is 6.62. The second kappa shape index (κ2) is 9.76. The average molecular weight is 454 g/mol. The van der Waals surface area contributed by atoms with Crippen LogP contribution in [0.2, 0.25) is 0 Å². The van der Waals surface area contributed by atoms with Gasteiger partial charge in [-0.2, -0.15) is 0 Å². The van der Waals surface area contributed by atoms with Crippen LogP contribution < -0.4 is 15.4 Å². The van der Waals surface area contributed by atoms with Crippen LogP contribution in [0.25, 0.3) is 11.1 Å². The van der Waals surface area contributed by atoms with Crippen molar-refractivity contribution in [2.75, 3.05) is 38.2 Å². The molecule has 1 aromatic heterocycles. The number of aromatic nitrogens is 1.